The van der Waals surface area contributed by atoms with Crippen molar-refractivity contribution in [3.8, 4) is 0 Å². The van der Waals surface area contributed by atoms with Crippen LogP contribution in [0, 0.1) is 6.92 Å². The quantitative estimate of drug-likeness (QED) is 0.0324. The van der Waals surface area contributed by atoms with Gasteiger partial charge in [0.15, 0.2) is 6.10 Å². The molecule has 2 unspecified atom stereocenters. The van der Waals surface area contributed by atoms with E-state index in [1.54, 1.807) is 10.9 Å². The van der Waals surface area contributed by atoms with E-state index in [0.29, 0.717) is 31.7 Å². The van der Waals surface area contributed by atoms with Gasteiger partial charge in [0.25, 0.3) is 12.9 Å². The Morgan fingerprint density at radius 3 is 2.34 bits per heavy atom. The standard InChI is InChI=1S/C36H48N5O14P/c1-29-6-7-31(22-37-29)9-8-30-10-12-33(13-11-30)40(16-17-42)14-15-41-23-32(38-39-41)24-52-36(46)4-2-18-49-20-21-51-35(45)5-3-19-54-56(47,48)55-26-34(53-28-44)25-50-27-43/h6-13,22-23,27-28,34,42H,2-5,14-21,24-26H2,1H3,(H,47,48)/b9-8+. The highest BCUT2D eigenvalue weighted by atomic mass is 31.2. The largest absolute Gasteiger partial charge is 0.472 e. The van der Waals surface area contributed by atoms with E-state index >= 15 is 0 Å². The van der Waals surface area contributed by atoms with Crippen LogP contribution in [0.3, 0.4) is 0 Å². The summed E-state index contributed by atoms with van der Waals surface area (Å²) in [4.78, 5) is 60.8. The van der Waals surface area contributed by atoms with Crippen LogP contribution in [0.2, 0.25) is 0 Å². The number of aryl methyl sites for hydroxylation is 1. The fourth-order valence-electron chi connectivity index (χ4n) is 4.69. The number of aliphatic hydroxyl groups excluding tert-OH is 1. The van der Waals surface area contributed by atoms with E-state index in [0.717, 1.165) is 22.5 Å². The minimum atomic E-state index is -4.51. The third-order valence-electron chi connectivity index (χ3n) is 7.56. The Balaban J connectivity index is 1.22. The van der Waals surface area contributed by atoms with Crippen LogP contribution in [-0.2, 0) is 69.6 Å². The van der Waals surface area contributed by atoms with Crippen molar-refractivity contribution in [2.75, 3.05) is 64.2 Å². The van der Waals surface area contributed by atoms with Gasteiger partial charge in [-0.3, -0.25) is 37.9 Å². The predicted molar refractivity (Wildman–Crippen MR) is 198 cm³/mol. The van der Waals surface area contributed by atoms with Crippen molar-refractivity contribution in [3.05, 3.63) is 71.3 Å². The minimum absolute atomic E-state index is 0.0125. The van der Waals surface area contributed by atoms with Gasteiger partial charge in [0, 0.05) is 50.1 Å². The number of carbonyl (C=O) groups excluding carboxylic acids is 4. The first-order valence-corrected chi connectivity index (χ1v) is 19.2. The smallest absolute Gasteiger partial charge is 0.464 e. The maximum absolute atomic E-state index is 12.2. The molecule has 0 radical (unpaired) electrons. The van der Waals surface area contributed by atoms with E-state index in [1.165, 1.54) is 0 Å². The first kappa shape index (κ1) is 45.4. The Kier molecular flexibility index (Phi) is 21.0. The van der Waals surface area contributed by atoms with Gasteiger partial charge in [-0.25, -0.2) is 4.57 Å². The monoisotopic (exact) mass is 805 g/mol. The fraction of sp³-hybridized carbons (Fsp3) is 0.472. The molecule has 0 aliphatic heterocycles. The van der Waals surface area contributed by atoms with Gasteiger partial charge >= 0.3 is 19.8 Å². The van der Waals surface area contributed by atoms with Crippen LogP contribution in [-0.4, -0.2) is 120 Å². The first-order chi connectivity index (χ1) is 27.1. The van der Waals surface area contributed by atoms with Crippen molar-refractivity contribution in [1.82, 2.24) is 20.0 Å². The minimum Gasteiger partial charge on any atom is -0.464 e. The number of phosphoric ester groups is 1. The van der Waals surface area contributed by atoms with Crippen LogP contribution in [0.4, 0.5) is 5.69 Å². The molecule has 19 nitrogen and oxygen atoms in total. The van der Waals surface area contributed by atoms with Gasteiger partial charge < -0.3 is 38.6 Å². The van der Waals surface area contributed by atoms with E-state index in [2.05, 4.69) is 24.8 Å². The van der Waals surface area contributed by atoms with Crippen LogP contribution >= 0.6 is 7.82 Å². The number of ether oxygens (including phenoxy) is 5. The number of anilines is 1. The Hall–Kier alpha value is -5.04. The summed E-state index contributed by atoms with van der Waals surface area (Å²) in [6.45, 7) is 2.65. The predicted octanol–water partition coefficient (Wildman–Crippen LogP) is 2.66. The number of phosphoric acid groups is 1. The van der Waals surface area contributed by atoms with Crippen LogP contribution in [0.5, 0.6) is 0 Å². The molecule has 3 rings (SSSR count). The number of aliphatic hydroxyl groups is 1. The van der Waals surface area contributed by atoms with Gasteiger partial charge in [0.05, 0.1) is 39.2 Å². The molecule has 0 fully saturated rings. The lowest BCUT2D eigenvalue weighted by molar-refractivity contribution is -0.145. The second-order valence-electron chi connectivity index (χ2n) is 11.9. The molecule has 0 aliphatic carbocycles. The molecule has 2 aromatic heterocycles. The Labute approximate surface area is 324 Å². The van der Waals surface area contributed by atoms with Crippen molar-refractivity contribution in [2.24, 2.45) is 0 Å². The summed E-state index contributed by atoms with van der Waals surface area (Å²) in [5.41, 5.74) is 4.47. The third kappa shape index (κ3) is 19.0. The summed E-state index contributed by atoms with van der Waals surface area (Å²) in [5, 5.41) is 17.8. The third-order valence-corrected chi connectivity index (χ3v) is 8.54. The average Bonchev–Trinajstić information content (AvgIpc) is 3.66. The van der Waals surface area contributed by atoms with E-state index in [4.69, 9.17) is 23.3 Å². The molecule has 3 aromatic rings. The van der Waals surface area contributed by atoms with Crippen molar-refractivity contribution in [1.29, 1.82) is 0 Å². The highest BCUT2D eigenvalue weighted by Gasteiger charge is 2.24. The molecule has 0 spiro atoms. The summed E-state index contributed by atoms with van der Waals surface area (Å²) in [6, 6.07) is 12.0. The van der Waals surface area contributed by atoms with Crippen molar-refractivity contribution < 1.29 is 66.5 Å². The van der Waals surface area contributed by atoms with Gasteiger partial charge in [-0.1, -0.05) is 35.6 Å². The van der Waals surface area contributed by atoms with E-state index < -0.39 is 32.5 Å². The number of hydrogen-bond donors (Lipinski definition) is 2. The number of nitrogens with zero attached hydrogens (tertiary/aromatic N) is 5. The number of pyridine rings is 1. The molecule has 20 heteroatoms. The highest BCUT2D eigenvalue weighted by molar-refractivity contribution is 7.47. The zero-order valence-corrected chi connectivity index (χ0v) is 32.0. The summed E-state index contributed by atoms with van der Waals surface area (Å²) in [6.07, 6.45) is 6.90. The molecule has 2 N–H and O–H groups in total. The molecular weight excluding hydrogens is 757 g/mol. The van der Waals surface area contributed by atoms with Crippen molar-refractivity contribution in [2.45, 2.75) is 51.9 Å². The summed E-state index contributed by atoms with van der Waals surface area (Å²) in [7, 11) is -4.51. The molecule has 2 atom stereocenters. The fourth-order valence-corrected chi connectivity index (χ4v) is 5.48. The number of carbonyl (C=O) groups is 4. The molecule has 0 aliphatic rings. The molecule has 306 valence electrons. The average molecular weight is 806 g/mol. The van der Waals surface area contributed by atoms with Crippen molar-refractivity contribution in [3.63, 3.8) is 0 Å². The topological polar surface area (TPSA) is 237 Å². The Morgan fingerprint density at radius 2 is 1.62 bits per heavy atom. The van der Waals surface area contributed by atoms with Crippen molar-refractivity contribution >= 4 is 50.5 Å². The van der Waals surface area contributed by atoms with E-state index in [9.17, 15) is 33.7 Å². The van der Waals surface area contributed by atoms with Crippen LogP contribution in [0.1, 0.15) is 48.2 Å². The van der Waals surface area contributed by atoms with Gasteiger partial charge in [-0.05, 0) is 49.1 Å². The second-order valence-corrected chi connectivity index (χ2v) is 13.4. The number of rotatable bonds is 30. The van der Waals surface area contributed by atoms with Gasteiger partial charge in [-0.15, -0.1) is 5.10 Å². The number of esters is 2. The zero-order valence-electron chi connectivity index (χ0n) is 31.1. The summed E-state index contributed by atoms with van der Waals surface area (Å²) < 4.78 is 47.7. The number of hydrogen-bond acceptors (Lipinski definition) is 17. The maximum atomic E-state index is 12.2. The van der Waals surface area contributed by atoms with Gasteiger partial charge in [0.2, 0.25) is 0 Å². The zero-order chi connectivity index (χ0) is 40.4. The molecule has 0 saturated carbocycles. The summed E-state index contributed by atoms with van der Waals surface area (Å²) in [5.74, 6) is -1.01. The summed E-state index contributed by atoms with van der Waals surface area (Å²) >= 11 is 0. The lowest BCUT2D eigenvalue weighted by Crippen LogP contribution is -2.30. The maximum Gasteiger partial charge on any atom is 0.472 e. The second kappa shape index (κ2) is 25.9. The molecule has 1 aromatic carbocycles. The lowest BCUT2D eigenvalue weighted by atomic mass is 10.1. The Bertz CT molecular complexity index is 1690. The SMILES string of the molecule is Cc1ccc(/C=C/c2ccc(N(CCO)CCn3cc(COC(=O)CCCOCCOC(=O)CCCOP(=O)(O)OCC(COC=O)OC=O)nn3)cc2)cn1. The van der Waals surface area contributed by atoms with E-state index in [1.807, 2.05) is 66.6 Å². The van der Waals surface area contributed by atoms with Crippen LogP contribution < -0.4 is 4.90 Å². The molecule has 0 amide bonds. The highest BCUT2D eigenvalue weighted by Crippen LogP contribution is 2.43. The Morgan fingerprint density at radius 1 is 0.893 bits per heavy atom. The first-order valence-electron chi connectivity index (χ1n) is 17.7. The number of aromatic nitrogens is 4. The molecule has 0 saturated heterocycles. The van der Waals surface area contributed by atoms with Crippen LogP contribution in [0.25, 0.3) is 12.2 Å². The van der Waals surface area contributed by atoms with Crippen LogP contribution in [0.15, 0.2) is 48.8 Å². The normalized spacial score (nSPS) is 12.8. The molecule has 0 bridgehead atoms. The molecule has 56 heavy (non-hydrogen) atoms. The molecule has 2 heterocycles. The van der Waals surface area contributed by atoms with E-state index in [-0.39, 0.29) is 78.5 Å². The van der Waals surface area contributed by atoms with Gasteiger partial charge in [0.1, 0.15) is 25.5 Å². The van der Waals surface area contributed by atoms with Gasteiger partial charge in [-0.2, -0.15) is 0 Å². The molecular formula is C36H48N5O14P. The lowest BCUT2D eigenvalue weighted by Gasteiger charge is -2.24. The number of benzene rings is 1.